The van der Waals surface area contributed by atoms with Crippen LogP contribution < -0.4 is 4.74 Å². The molecule has 20 heavy (non-hydrogen) atoms. The Balaban J connectivity index is 1.82. The summed E-state index contributed by atoms with van der Waals surface area (Å²) in [5, 5.41) is 4.11. The number of fused-ring (bicyclic) bond motifs is 1. The van der Waals surface area contributed by atoms with Crippen LogP contribution in [0.15, 0.2) is 30.6 Å². The highest BCUT2D eigenvalue weighted by atomic mass is 16.5. The zero-order valence-corrected chi connectivity index (χ0v) is 11.5. The van der Waals surface area contributed by atoms with Crippen LogP contribution in [0.2, 0.25) is 0 Å². The first kappa shape index (κ1) is 12.8. The van der Waals surface area contributed by atoms with Crippen molar-refractivity contribution in [3.05, 3.63) is 42.0 Å². The molecule has 0 N–H and O–H groups in total. The van der Waals surface area contributed by atoms with Crippen LogP contribution >= 0.6 is 0 Å². The van der Waals surface area contributed by atoms with Gasteiger partial charge in [0.05, 0.1) is 18.9 Å². The van der Waals surface area contributed by atoms with Crippen molar-refractivity contribution in [2.24, 2.45) is 0 Å². The molecule has 5 nitrogen and oxygen atoms in total. The maximum atomic E-state index is 12.6. The number of aryl methyl sites for hydroxylation is 1. The lowest BCUT2D eigenvalue weighted by Gasteiger charge is -2.24. The number of benzene rings is 1. The molecule has 1 unspecified atom stereocenters. The standard InChI is InChI=1S/C15H17N3O2/c1-2-18-15(16-10-17-18)9-13(19)11-7-8-20-14-6-4-3-5-12(11)14/h3-6,10-11H,2,7-9H2,1H3. The van der Waals surface area contributed by atoms with Gasteiger partial charge in [-0.25, -0.2) is 9.67 Å². The molecular weight excluding hydrogens is 254 g/mol. The van der Waals surface area contributed by atoms with E-state index in [0.717, 1.165) is 30.1 Å². The molecule has 1 atom stereocenters. The number of Topliss-reactive ketones (excluding diaryl/α,β-unsaturated/α-hetero) is 1. The van der Waals surface area contributed by atoms with Gasteiger partial charge in [0.15, 0.2) is 0 Å². The SMILES string of the molecule is CCn1ncnc1CC(=O)C1CCOc2ccccc21. The van der Waals surface area contributed by atoms with Crippen LogP contribution in [-0.4, -0.2) is 27.2 Å². The molecule has 0 radical (unpaired) electrons. The number of hydrogen-bond acceptors (Lipinski definition) is 4. The fourth-order valence-electron chi connectivity index (χ4n) is 2.64. The Bertz CT molecular complexity index is 621. The highest BCUT2D eigenvalue weighted by Gasteiger charge is 2.28. The van der Waals surface area contributed by atoms with Crippen molar-refractivity contribution in [3.8, 4) is 5.75 Å². The number of para-hydroxylation sites is 1. The Morgan fingerprint density at radius 3 is 3.15 bits per heavy atom. The lowest BCUT2D eigenvalue weighted by atomic mass is 9.88. The first-order valence-corrected chi connectivity index (χ1v) is 6.90. The monoisotopic (exact) mass is 271 g/mol. The zero-order chi connectivity index (χ0) is 13.9. The topological polar surface area (TPSA) is 57.0 Å². The van der Waals surface area contributed by atoms with Gasteiger partial charge < -0.3 is 4.74 Å². The third-order valence-electron chi connectivity index (χ3n) is 3.67. The van der Waals surface area contributed by atoms with Crippen LogP contribution in [0, 0.1) is 0 Å². The van der Waals surface area contributed by atoms with E-state index in [-0.39, 0.29) is 11.7 Å². The van der Waals surface area contributed by atoms with Crippen LogP contribution in [0.25, 0.3) is 0 Å². The van der Waals surface area contributed by atoms with Crippen molar-refractivity contribution in [2.45, 2.75) is 32.2 Å². The summed E-state index contributed by atoms with van der Waals surface area (Å²) in [6.45, 7) is 3.31. The van der Waals surface area contributed by atoms with E-state index in [2.05, 4.69) is 10.1 Å². The van der Waals surface area contributed by atoms with Gasteiger partial charge in [0.2, 0.25) is 0 Å². The lowest BCUT2D eigenvalue weighted by molar-refractivity contribution is -0.120. The van der Waals surface area contributed by atoms with Gasteiger partial charge in [-0.2, -0.15) is 5.10 Å². The maximum absolute atomic E-state index is 12.6. The van der Waals surface area contributed by atoms with E-state index >= 15 is 0 Å². The van der Waals surface area contributed by atoms with Gasteiger partial charge in [-0.1, -0.05) is 18.2 Å². The van der Waals surface area contributed by atoms with Gasteiger partial charge in [-0.05, 0) is 19.4 Å². The van der Waals surface area contributed by atoms with Gasteiger partial charge in [0.25, 0.3) is 0 Å². The molecule has 0 amide bonds. The van der Waals surface area contributed by atoms with Gasteiger partial charge in [0.1, 0.15) is 23.7 Å². The molecule has 0 bridgehead atoms. The van der Waals surface area contributed by atoms with E-state index in [9.17, 15) is 4.79 Å². The average molecular weight is 271 g/mol. The molecule has 0 fully saturated rings. The Labute approximate surface area is 117 Å². The van der Waals surface area contributed by atoms with E-state index in [4.69, 9.17) is 4.74 Å². The summed E-state index contributed by atoms with van der Waals surface area (Å²) in [6.07, 6.45) is 2.56. The predicted octanol–water partition coefficient (Wildman–Crippen LogP) is 1.98. The fraction of sp³-hybridized carbons (Fsp3) is 0.400. The second kappa shape index (κ2) is 5.45. The zero-order valence-electron chi connectivity index (χ0n) is 11.5. The minimum absolute atomic E-state index is 0.0954. The van der Waals surface area contributed by atoms with Crippen LogP contribution in [0.1, 0.15) is 30.7 Å². The third-order valence-corrected chi connectivity index (χ3v) is 3.67. The van der Waals surface area contributed by atoms with E-state index < -0.39 is 0 Å². The predicted molar refractivity (Wildman–Crippen MR) is 73.7 cm³/mol. The smallest absolute Gasteiger partial charge is 0.148 e. The average Bonchev–Trinajstić information content (AvgIpc) is 2.93. The number of ether oxygens (including phenoxy) is 1. The van der Waals surface area contributed by atoms with Crippen LogP contribution in [0.3, 0.4) is 0 Å². The molecule has 1 aliphatic rings. The van der Waals surface area contributed by atoms with Gasteiger partial charge in [-0.3, -0.25) is 4.79 Å². The highest BCUT2D eigenvalue weighted by molar-refractivity contribution is 5.88. The summed E-state index contributed by atoms with van der Waals surface area (Å²) >= 11 is 0. The number of carbonyl (C=O) groups is 1. The highest BCUT2D eigenvalue weighted by Crippen LogP contribution is 2.34. The second-order valence-electron chi connectivity index (χ2n) is 4.86. The molecular formula is C15H17N3O2. The Hall–Kier alpha value is -2.17. The third kappa shape index (κ3) is 2.31. The summed E-state index contributed by atoms with van der Waals surface area (Å²) in [7, 11) is 0. The normalized spacial score (nSPS) is 17.4. The summed E-state index contributed by atoms with van der Waals surface area (Å²) in [6, 6.07) is 7.77. The molecule has 0 saturated heterocycles. The van der Waals surface area contributed by atoms with Crippen molar-refractivity contribution >= 4 is 5.78 Å². The number of aromatic nitrogens is 3. The molecule has 5 heteroatoms. The number of rotatable bonds is 4. The van der Waals surface area contributed by atoms with Gasteiger partial charge in [0, 0.05) is 12.1 Å². The number of ketones is 1. The number of hydrogen-bond donors (Lipinski definition) is 0. The van der Waals surface area contributed by atoms with E-state index in [1.165, 1.54) is 6.33 Å². The summed E-state index contributed by atoms with van der Waals surface area (Å²) in [4.78, 5) is 16.7. The first-order chi connectivity index (χ1) is 9.79. The Morgan fingerprint density at radius 2 is 2.30 bits per heavy atom. The molecule has 1 aromatic carbocycles. The maximum Gasteiger partial charge on any atom is 0.148 e. The molecule has 0 spiro atoms. The van der Waals surface area contributed by atoms with Gasteiger partial charge >= 0.3 is 0 Å². The fourth-order valence-corrected chi connectivity index (χ4v) is 2.64. The Morgan fingerprint density at radius 1 is 1.45 bits per heavy atom. The van der Waals surface area contributed by atoms with Crippen molar-refractivity contribution in [2.75, 3.05) is 6.61 Å². The molecule has 1 aliphatic heterocycles. The number of carbonyl (C=O) groups excluding carboxylic acids is 1. The van der Waals surface area contributed by atoms with E-state index in [1.54, 1.807) is 4.68 Å². The van der Waals surface area contributed by atoms with Crippen LogP contribution in [-0.2, 0) is 17.8 Å². The summed E-state index contributed by atoms with van der Waals surface area (Å²) in [5.41, 5.74) is 0.992. The summed E-state index contributed by atoms with van der Waals surface area (Å²) < 4.78 is 7.37. The quantitative estimate of drug-likeness (QED) is 0.853. The van der Waals surface area contributed by atoms with E-state index in [0.29, 0.717) is 13.0 Å². The van der Waals surface area contributed by atoms with Crippen LogP contribution in [0.4, 0.5) is 0 Å². The first-order valence-electron chi connectivity index (χ1n) is 6.90. The van der Waals surface area contributed by atoms with Crippen molar-refractivity contribution in [3.63, 3.8) is 0 Å². The van der Waals surface area contributed by atoms with E-state index in [1.807, 2.05) is 31.2 Å². The van der Waals surface area contributed by atoms with Crippen molar-refractivity contribution in [1.82, 2.24) is 14.8 Å². The molecule has 104 valence electrons. The van der Waals surface area contributed by atoms with Crippen molar-refractivity contribution in [1.29, 1.82) is 0 Å². The largest absolute Gasteiger partial charge is 0.493 e. The Kier molecular flexibility index (Phi) is 3.50. The molecule has 3 rings (SSSR count). The minimum Gasteiger partial charge on any atom is -0.493 e. The molecule has 2 heterocycles. The molecule has 0 saturated carbocycles. The molecule has 0 aliphatic carbocycles. The second-order valence-corrected chi connectivity index (χ2v) is 4.86. The van der Waals surface area contributed by atoms with Crippen LogP contribution in [0.5, 0.6) is 5.75 Å². The number of nitrogens with zero attached hydrogens (tertiary/aromatic N) is 3. The summed E-state index contributed by atoms with van der Waals surface area (Å²) in [5.74, 6) is 1.65. The van der Waals surface area contributed by atoms with Gasteiger partial charge in [-0.15, -0.1) is 0 Å². The lowest BCUT2D eigenvalue weighted by Crippen LogP contribution is -2.23. The molecule has 1 aromatic heterocycles. The minimum atomic E-state index is -0.0954. The van der Waals surface area contributed by atoms with Crippen molar-refractivity contribution < 1.29 is 9.53 Å². The molecule has 2 aromatic rings.